The minimum Gasteiger partial charge on any atom is -0.317 e. The van der Waals surface area contributed by atoms with Crippen LogP contribution in [-0.2, 0) is 0 Å². The number of rotatable bonds is 7. The molecule has 0 aromatic heterocycles. The molecule has 3 atom stereocenters. The second kappa shape index (κ2) is 7.56. The lowest BCUT2D eigenvalue weighted by Crippen LogP contribution is -2.29. The van der Waals surface area contributed by atoms with Gasteiger partial charge in [0.25, 0.3) is 0 Å². The van der Waals surface area contributed by atoms with Crippen LogP contribution in [0.4, 0.5) is 0 Å². The average molecular weight is 229 g/mol. The van der Waals surface area contributed by atoms with Crippen LogP contribution in [0.2, 0.25) is 0 Å². The van der Waals surface area contributed by atoms with Crippen molar-refractivity contribution in [1.82, 2.24) is 5.32 Å². The molecule has 0 radical (unpaired) electrons. The molecule has 1 N–H and O–H groups in total. The van der Waals surface area contributed by atoms with Gasteiger partial charge in [-0.25, -0.2) is 0 Å². The molecular weight excluding hydrogens is 202 g/mol. The van der Waals surface area contributed by atoms with Crippen LogP contribution >= 0.6 is 11.8 Å². The van der Waals surface area contributed by atoms with Gasteiger partial charge in [-0.2, -0.15) is 11.8 Å². The van der Waals surface area contributed by atoms with Crippen LogP contribution in [0.25, 0.3) is 0 Å². The Kier molecular flexibility index (Phi) is 6.74. The fourth-order valence-electron chi connectivity index (χ4n) is 2.40. The maximum Gasteiger partial charge on any atom is 0.00926 e. The van der Waals surface area contributed by atoms with Gasteiger partial charge in [-0.05, 0) is 49.7 Å². The standard InChI is InChI=1S/C13H27NS/c1-4-11(2)10-15-9-8-12-6-5-7-13(12)14-3/h11-14H,4-10H2,1-3H3. The van der Waals surface area contributed by atoms with Crippen molar-refractivity contribution in [2.45, 2.75) is 52.0 Å². The molecule has 1 aliphatic rings. The van der Waals surface area contributed by atoms with Crippen molar-refractivity contribution in [3.05, 3.63) is 0 Å². The molecule has 0 heterocycles. The molecule has 1 saturated carbocycles. The first-order chi connectivity index (χ1) is 7.27. The minimum atomic E-state index is 0.814. The molecule has 90 valence electrons. The first-order valence-corrected chi connectivity index (χ1v) is 7.68. The average Bonchev–Trinajstić information content (AvgIpc) is 2.71. The van der Waals surface area contributed by atoms with Crippen molar-refractivity contribution in [1.29, 1.82) is 0 Å². The largest absolute Gasteiger partial charge is 0.317 e. The monoisotopic (exact) mass is 229 g/mol. The molecule has 0 aromatic rings. The van der Waals surface area contributed by atoms with Gasteiger partial charge in [-0.1, -0.05) is 26.7 Å². The van der Waals surface area contributed by atoms with Crippen LogP contribution in [0, 0.1) is 11.8 Å². The van der Waals surface area contributed by atoms with E-state index in [2.05, 4.69) is 38.0 Å². The second-order valence-corrected chi connectivity index (χ2v) is 6.11. The summed E-state index contributed by atoms with van der Waals surface area (Å²) in [5.74, 6) is 4.58. The highest BCUT2D eigenvalue weighted by molar-refractivity contribution is 7.99. The van der Waals surface area contributed by atoms with Crippen LogP contribution in [-0.4, -0.2) is 24.6 Å². The molecule has 1 fully saturated rings. The Hall–Kier alpha value is 0.310. The van der Waals surface area contributed by atoms with E-state index in [4.69, 9.17) is 0 Å². The predicted molar refractivity (Wildman–Crippen MR) is 71.6 cm³/mol. The molecule has 0 aromatic carbocycles. The summed E-state index contributed by atoms with van der Waals surface area (Å²) < 4.78 is 0. The van der Waals surface area contributed by atoms with Crippen molar-refractivity contribution in [2.24, 2.45) is 11.8 Å². The van der Waals surface area contributed by atoms with E-state index in [1.54, 1.807) is 0 Å². The van der Waals surface area contributed by atoms with E-state index in [0.29, 0.717) is 0 Å². The highest BCUT2D eigenvalue weighted by Gasteiger charge is 2.24. The van der Waals surface area contributed by atoms with Gasteiger partial charge in [0.1, 0.15) is 0 Å². The Balaban J connectivity index is 2.04. The minimum absolute atomic E-state index is 0.814. The molecule has 0 spiro atoms. The summed E-state index contributed by atoms with van der Waals surface area (Å²) in [5, 5.41) is 3.47. The molecular formula is C13H27NS. The third-order valence-electron chi connectivity index (χ3n) is 3.76. The Morgan fingerprint density at radius 1 is 1.40 bits per heavy atom. The Bertz CT molecular complexity index is 161. The zero-order chi connectivity index (χ0) is 11.1. The van der Waals surface area contributed by atoms with Crippen LogP contribution in [0.15, 0.2) is 0 Å². The lowest BCUT2D eigenvalue weighted by molar-refractivity contribution is 0.417. The van der Waals surface area contributed by atoms with Crippen LogP contribution < -0.4 is 5.32 Å². The van der Waals surface area contributed by atoms with E-state index in [1.165, 1.54) is 43.6 Å². The van der Waals surface area contributed by atoms with Crippen molar-refractivity contribution in [3.8, 4) is 0 Å². The molecule has 1 rings (SSSR count). The number of hydrogen-bond acceptors (Lipinski definition) is 2. The van der Waals surface area contributed by atoms with Gasteiger partial charge in [0.15, 0.2) is 0 Å². The third-order valence-corrected chi connectivity index (χ3v) is 5.09. The molecule has 15 heavy (non-hydrogen) atoms. The molecule has 2 heteroatoms. The van der Waals surface area contributed by atoms with Crippen molar-refractivity contribution in [3.63, 3.8) is 0 Å². The molecule has 1 aliphatic carbocycles. The van der Waals surface area contributed by atoms with Crippen LogP contribution in [0.5, 0.6) is 0 Å². The summed E-state index contributed by atoms with van der Waals surface area (Å²) in [4.78, 5) is 0. The smallest absolute Gasteiger partial charge is 0.00926 e. The van der Waals surface area contributed by atoms with Crippen molar-refractivity contribution >= 4 is 11.8 Å². The van der Waals surface area contributed by atoms with Crippen LogP contribution in [0.3, 0.4) is 0 Å². The topological polar surface area (TPSA) is 12.0 Å². The van der Waals surface area contributed by atoms with Gasteiger partial charge in [-0.15, -0.1) is 0 Å². The molecule has 0 bridgehead atoms. The van der Waals surface area contributed by atoms with Crippen molar-refractivity contribution < 1.29 is 0 Å². The molecule has 1 nitrogen and oxygen atoms in total. The summed E-state index contributed by atoms with van der Waals surface area (Å²) in [6.07, 6.45) is 7.04. The predicted octanol–water partition coefficient (Wildman–Crippen LogP) is 3.54. The highest BCUT2D eigenvalue weighted by atomic mass is 32.2. The zero-order valence-electron chi connectivity index (χ0n) is 10.6. The highest BCUT2D eigenvalue weighted by Crippen LogP contribution is 2.29. The normalized spacial score (nSPS) is 28.2. The quantitative estimate of drug-likeness (QED) is 0.670. The first-order valence-electron chi connectivity index (χ1n) is 6.53. The van der Waals surface area contributed by atoms with Gasteiger partial charge in [0.05, 0.1) is 0 Å². The Morgan fingerprint density at radius 2 is 2.20 bits per heavy atom. The van der Waals surface area contributed by atoms with E-state index < -0.39 is 0 Å². The van der Waals surface area contributed by atoms with E-state index >= 15 is 0 Å². The summed E-state index contributed by atoms with van der Waals surface area (Å²) in [5.41, 5.74) is 0. The summed E-state index contributed by atoms with van der Waals surface area (Å²) in [7, 11) is 2.12. The van der Waals surface area contributed by atoms with E-state index in [-0.39, 0.29) is 0 Å². The summed E-state index contributed by atoms with van der Waals surface area (Å²) in [6.45, 7) is 4.65. The van der Waals surface area contributed by atoms with E-state index in [0.717, 1.165) is 17.9 Å². The molecule has 0 aliphatic heterocycles. The number of hydrogen-bond donors (Lipinski definition) is 1. The number of nitrogens with one attached hydrogen (secondary N) is 1. The fraction of sp³-hybridized carbons (Fsp3) is 1.00. The maximum absolute atomic E-state index is 3.47. The SMILES string of the molecule is CCC(C)CSCCC1CCCC1NC. The Morgan fingerprint density at radius 3 is 2.87 bits per heavy atom. The van der Waals surface area contributed by atoms with Crippen molar-refractivity contribution in [2.75, 3.05) is 18.6 Å². The van der Waals surface area contributed by atoms with Gasteiger partial charge < -0.3 is 5.32 Å². The van der Waals surface area contributed by atoms with E-state index in [9.17, 15) is 0 Å². The number of thioether (sulfide) groups is 1. The lowest BCUT2D eigenvalue weighted by atomic mass is 10.0. The lowest BCUT2D eigenvalue weighted by Gasteiger charge is -2.18. The molecule has 0 amide bonds. The van der Waals surface area contributed by atoms with Gasteiger partial charge in [0, 0.05) is 6.04 Å². The second-order valence-electron chi connectivity index (χ2n) is 4.96. The zero-order valence-corrected chi connectivity index (χ0v) is 11.4. The first kappa shape index (κ1) is 13.4. The summed E-state index contributed by atoms with van der Waals surface area (Å²) >= 11 is 2.16. The Labute approximate surface area is 99.8 Å². The summed E-state index contributed by atoms with van der Waals surface area (Å²) in [6, 6.07) is 0.814. The maximum atomic E-state index is 3.47. The van der Waals surface area contributed by atoms with Gasteiger partial charge >= 0.3 is 0 Å². The van der Waals surface area contributed by atoms with E-state index in [1.807, 2.05) is 0 Å². The van der Waals surface area contributed by atoms with Crippen LogP contribution in [0.1, 0.15) is 46.0 Å². The molecule has 3 unspecified atom stereocenters. The van der Waals surface area contributed by atoms with Gasteiger partial charge in [0.2, 0.25) is 0 Å². The fourth-order valence-corrected chi connectivity index (χ4v) is 3.67. The third kappa shape index (κ3) is 4.78. The van der Waals surface area contributed by atoms with Gasteiger partial charge in [-0.3, -0.25) is 0 Å². The molecule has 0 saturated heterocycles.